The van der Waals surface area contributed by atoms with E-state index in [0.29, 0.717) is 30.6 Å². The summed E-state index contributed by atoms with van der Waals surface area (Å²) in [6, 6.07) is 36.8. The van der Waals surface area contributed by atoms with Crippen molar-refractivity contribution >= 4 is 34.8 Å². The van der Waals surface area contributed by atoms with Gasteiger partial charge in [-0.2, -0.15) is 0 Å². The number of piperazine rings is 1. The lowest BCUT2D eigenvalue weighted by Crippen LogP contribution is -2.51. The van der Waals surface area contributed by atoms with Crippen LogP contribution in [0.1, 0.15) is 66.2 Å². The lowest BCUT2D eigenvalue weighted by molar-refractivity contribution is -0.134. The molecule has 0 saturated carbocycles. The highest BCUT2D eigenvalue weighted by Crippen LogP contribution is 2.46. The first-order chi connectivity index (χ1) is 26.5. The van der Waals surface area contributed by atoms with Crippen LogP contribution in [0.3, 0.4) is 0 Å². The molecule has 54 heavy (non-hydrogen) atoms. The average Bonchev–Trinajstić information content (AvgIpc) is 3.22. The van der Waals surface area contributed by atoms with Gasteiger partial charge in [-0.1, -0.05) is 72.8 Å². The minimum Gasteiger partial charge on any atom is -0.376 e. The van der Waals surface area contributed by atoms with E-state index in [1.54, 1.807) is 0 Å². The zero-order valence-corrected chi connectivity index (χ0v) is 31.1. The molecule has 0 bridgehead atoms. The van der Waals surface area contributed by atoms with Crippen LogP contribution < -0.4 is 20.9 Å². The number of aryl methyl sites for hydroxylation is 1. The average molecular weight is 725 g/mol. The van der Waals surface area contributed by atoms with Gasteiger partial charge in [0.15, 0.2) is 0 Å². The Balaban J connectivity index is 0.784. The molecular weight excluding hydrogens is 673 g/mol. The van der Waals surface area contributed by atoms with Gasteiger partial charge in [-0.25, -0.2) is 0 Å². The maximum atomic E-state index is 13.1. The summed E-state index contributed by atoms with van der Waals surface area (Å²) < 4.78 is 0. The summed E-state index contributed by atoms with van der Waals surface area (Å²) in [7, 11) is 0. The monoisotopic (exact) mass is 724 g/mol. The third-order valence-electron chi connectivity index (χ3n) is 12.1. The highest BCUT2D eigenvalue weighted by Gasteiger charge is 2.32. The Hall–Kier alpha value is -5.15. The van der Waals surface area contributed by atoms with E-state index in [9.17, 15) is 14.4 Å². The Kier molecular flexibility index (Phi) is 10.9. The number of hydrogen-bond donors (Lipinski definition) is 3. The van der Waals surface area contributed by atoms with Gasteiger partial charge in [0.2, 0.25) is 17.7 Å². The SMILES string of the molecule is O=C1CCC(Nc2cccc(NCC(=O)N3CCN(CC4CCN(c5ccc(C6c7ccccc7CCC6c6ccccc6)cc5)CC4)CC3)c2)C(=O)N1. The number of carbonyl (C=O) groups is 3. The van der Waals surface area contributed by atoms with Crippen LogP contribution in [0.15, 0.2) is 103 Å². The quantitative estimate of drug-likeness (QED) is 0.167. The van der Waals surface area contributed by atoms with Crippen LogP contribution in [-0.4, -0.2) is 85.9 Å². The molecule has 4 aromatic carbocycles. The van der Waals surface area contributed by atoms with Crippen LogP contribution in [0.5, 0.6) is 0 Å². The lowest BCUT2D eigenvalue weighted by atomic mass is 9.69. The predicted molar refractivity (Wildman–Crippen MR) is 215 cm³/mol. The summed E-state index contributed by atoms with van der Waals surface area (Å²) in [5.74, 6) is 1.10. The summed E-state index contributed by atoms with van der Waals surface area (Å²) in [5.41, 5.74) is 8.75. The third kappa shape index (κ3) is 8.31. The van der Waals surface area contributed by atoms with Crippen LogP contribution in [0.2, 0.25) is 0 Å². The number of rotatable bonds is 10. The van der Waals surface area contributed by atoms with E-state index in [-0.39, 0.29) is 24.3 Å². The molecule has 3 unspecified atom stereocenters. The third-order valence-corrected chi connectivity index (χ3v) is 12.1. The Morgan fingerprint density at radius 2 is 1.44 bits per heavy atom. The summed E-state index contributed by atoms with van der Waals surface area (Å²) >= 11 is 0. The second-order valence-electron chi connectivity index (χ2n) is 15.5. The van der Waals surface area contributed by atoms with E-state index in [2.05, 4.69) is 105 Å². The van der Waals surface area contributed by atoms with E-state index in [1.807, 2.05) is 29.2 Å². The van der Waals surface area contributed by atoms with Gasteiger partial charge in [0.25, 0.3) is 0 Å². The molecule has 0 spiro atoms. The largest absolute Gasteiger partial charge is 0.376 e. The number of benzene rings is 4. The number of fused-ring (bicyclic) bond motifs is 1. The number of hydrogen-bond acceptors (Lipinski definition) is 7. The molecule has 280 valence electrons. The molecule has 3 saturated heterocycles. The second-order valence-corrected chi connectivity index (χ2v) is 15.5. The standard InChI is InChI=1S/C45H52N6O3/c52-42-20-19-41(45(54)48-42)47-37-11-6-10-36(29-37)46-30-43(53)51-27-25-49(26-28-51)31-32-21-23-50(24-22-32)38-16-13-35(14-17-38)44-39-12-5-4-9-34(39)15-18-40(44)33-7-2-1-3-8-33/h1-14,16-17,29,32,40-41,44,46-47H,15,18-28,30-31H2,(H,48,52,54). The Labute approximate surface area is 319 Å². The number of piperidine rings is 2. The van der Waals surface area contributed by atoms with Crippen molar-refractivity contribution in [2.24, 2.45) is 5.92 Å². The molecule has 9 nitrogen and oxygen atoms in total. The number of amides is 3. The Bertz CT molecular complexity index is 1920. The molecule has 3 fully saturated rings. The molecule has 8 rings (SSSR count). The molecule has 4 aromatic rings. The second kappa shape index (κ2) is 16.5. The van der Waals surface area contributed by atoms with Crippen molar-refractivity contribution < 1.29 is 14.4 Å². The van der Waals surface area contributed by atoms with E-state index in [1.165, 1.54) is 47.2 Å². The number of anilines is 3. The molecule has 3 amide bonds. The highest BCUT2D eigenvalue weighted by atomic mass is 16.2. The first-order valence-electron chi connectivity index (χ1n) is 19.9. The molecule has 4 aliphatic rings. The number of imide groups is 1. The first kappa shape index (κ1) is 35.9. The van der Waals surface area contributed by atoms with Gasteiger partial charge >= 0.3 is 0 Å². The van der Waals surface area contributed by atoms with Gasteiger partial charge in [0, 0.05) is 75.2 Å². The number of nitrogens with one attached hydrogen (secondary N) is 3. The number of nitrogens with zero attached hydrogens (tertiary/aromatic N) is 3. The fourth-order valence-corrected chi connectivity index (χ4v) is 9.08. The minimum absolute atomic E-state index is 0.0980. The smallest absolute Gasteiger partial charge is 0.249 e. The van der Waals surface area contributed by atoms with E-state index in [4.69, 9.17) is 0 Å². The summed E-state index contributed by atoms with van der Waals surface area (Å²) in [6.07, 6.45) is 5.48. The van der Waals surface area contributed by atoms with Crippen molar-refractivity contribution in [3.8, 4) is 0 Å². The van der Waals surface area contributed by atoms with E-state index < -0.39 is 6.04 Å². The minimum atomic E-state index is -0.444. The van der Waals surface area contributed by atoms with Crippen molar-refractivity contribution in [3.63, 3.8) is 0 Å². The fraction of sp³-hybridized carbons (Fsp3) is 0.400. The normalized spacial score (nSPS) is 22.3. The topological polar surface area (TPSA) is 97.0 Å². The first-order valence-corrected chi connectivity index (χ1v) is 19.9. The van der Waals surface area contributed by atoms with Crippen molar-refractivity contribution in [1.82, 2.24) is 15.1 Å². The van der Waals surface area contributed by atoms with Gasteiger partial charge in [-0.3, -0.25) is 24.6 Å². The molecule has 3 N–H and O–H groups in total. The van der Waals surface area contributed by atoms with Gasteiger partial charge in [-0.05, 0) is 96.5 Å². The van der Waals surface area contributed by atoms with Gasteiger partial charge in [0.1, 0.15) is 6.04 Å². The zero-order chi connectivity index (χ0) is 36.9. The molecule has 0 radical (unpaired) electrons. The molecule has 3 atom stereocenters. The molecule has 9 heteroatoms. The molecule has 3 heterocycles. The lowest BCUT2D eigenvalue weighted by Gasteiger charge is -2.39. The molecule has 3 aliphatic heterocycles. The fourth-order valence-electron chi connectivity index (χ4n) is 9.08. The molecule has 1 aliphatic carbocycles. The highest BCUT2D eigenvalue weighted by molar-refractivity contribution is 6.01. The Morgan fingerprint density at radius 3 is 2.22 bits per heavy atom. The van der Waals surface area contributed by atoms with E-state index in [0.717, 1.165) is 63.6 Å². The number of carbonyl (C=O) groups excluding carboxylic acids is 3. The predicted octanol–water partition coefficient (Wildman–Crippen LogP) is 6.24. The van der Waals surface area contributed by atoms with Gasteiger partial charge in [0.05, 0.1) is 6.54 Å². The van der Waals surface area contributed by atoms with Crippen LogP contribution in [-0.2, 0) is 20.8 Å². The van der Waals surface area contributed by atoms with Crippen molar-refractivity contribution in [2.75, 3.05) is 67.9 Å². The maximum absolute atomic E-state index is 13.1. The van der Waals surface area contributed by atoms with Crippen LogP contribution in [0, 0.1) is 5.92 Å². The Morgan fingerprint density at radius 1 is 0.704 bits per heavy atom. The van der Waals surface area contributed by atoms with Crippen molar-refractivity contribution in [1.29, 1.82) is 0 Å². The van der Waals surface area contributed by atoms with Crippen LogP contribution >= 0.6 is 0 Å². The van der Waals surface area contributed by atoms with Crippen molar-refractivity contribution in [2.45, 2.75) is 56.4 Å². The summed E-state index contributed by atoms with van der Waals surface area (Å²) in [4.78, 5) is 43.8. The maximum Gasteiger partial charge on any atom is 0.249 e. The van der Waals surface area contributed by atoms with Gasteiger partial charge < -0.3 is 20.4 Å². The summed E-state index contributed by atoms with van der Waals surface area (Å²) in [6.45, 7) is 6.80. The zero-order valence-electron chi connectivity index (χ0n) is 31.1. The van der Waals surface area contributed by atoms with E-state index >= 15 is 0 Å². The van der Waals surface area contributed by atoms with Gasteiger partial charge in [-0.15, -0.1) is 0 Å². The van der Waals surface area contributed by atoms with Crippen molar-refractivity contribution in [3.05, 3.63) is 125 Å². The molecular formula is C45H52N6O3. The molecule has 0 aromatic heterocycles. The summed E-state index contributed by atoms with van der Waals surface area (Å²) in [5, 5.41) is 8.85. The van der Waals surface area contributed by atoms with Crippen LogP contribution in [0.25, 0.3) is 0 Å². The van der Waals surface area contributed by atoms with Crippen LogP contribution in [0.4, 0.5) is 17.1 Å².